The van der Waals surface area contributed by atoms with Crippen LogP contribution in [0, 0.1) is 0 Å². The molecule has 0 aromatic heterocycles. The third-order valence-corrected chi connectivity index (χ3v) is 4.66. The van der Waals surface area contributed by atoms with Crippen molar-refractivity contribution in [3.05, 3.63) is 23.8 Å². The zero-order chi connectivity index (χ0) is 27.5. The summed E-state index contributed by atoms with van der Waals surface area (Å²) in [5.41, 5.74) is 0.514. The fraction of sp³-hybridized carbons (Fsp3) is 0.652. The number of carbonyl (C=O) groups is 2. The molecule has 1 aromatic rings. The van der Waals surface area contributed by atoms with E-state index in [4.69, 9.17) is 24.4 Å². The number of anilines is 1. The highest BCUT2D eigenvalue weighted by Gasteiger charge is 2.34. The average molecular weight is 521 g/mol. The first-order valence-electron chi connectivity index (χ1n) is 11.3. The van der Waals surface area contributed by atoms with Crippen molar-refractivity contribution in [3.8, 4) is 5.75 Å². The molecule has 0 fully saturated rings. The van der Waals surface area contributed by atoms with Gasteiger partial charge in [0, 0.05) is 20.3 Å². The fourth-order valence-electron chi connectivity index (χ4n) is 2.73. The second-order valence-corrected chi connectivity index (χ2v) is 7.76. The number of likely N-dealkylation sites (N-methyl/N-ethyl adjacent to an activating group) is 1. The first-order chi connectivity index (χ1) is 17.2. The number of carbonyl (C=O) groups excluding carboxylic acids is 1. The summed E-state index contributed by atoms with van der Waals surface area (Å²) in [6, 6.07) is 4.20. The summed E-state index contributed by atoms with van der Waals surface area (Å²) >= 11 is 0. The number of hydrogen-bond donors (Lipinski definition) is 7. The van der Waals surface area contributed by atoms with Gasteiger partial charge in [-0.2, -0.15) is 0 Å². The summed E-state index contributed by atoms with van der Waals surface area (Å²) in [6.07, 6.45) is -5.49. The molecule has 0 aliphatic rings. The Kier molecular flexibility index (Phi) is 18.5. The summed E-state index contributed by atoms with van der Waals surface area (Å²) in [7, 11) is 4.88. The van der Waals surface area contributed by atoms with Gasteiger partial charge in [-0.3, -0.25) is 4.79 Å². The molecular formula is C23H40N2O11. The van der Waals surface area contributed by atoms with E-state index in [9.17, 15) is 30.0 Å². The van der Waals surface area contributed by atoms with Crippen LogP contribution < -0.4 is 10.1 Å². The largest absolute Gasteiger partial charge is 0.478 e. The smallest absolute Gasteiger partial charge is 0.347 e. The molecule has 1 amide bonds. The van der Waals surface area contributed by atoms with Crippen molar-refractivity contribution in [1.82, 2.24) is 4.90 Å². The van der Waals surface area contributed by atoms with E-state index >= 15 is 0 Å². The lowest BCUT2D eigenvalue weighted by Crippen LogP contribution is -2.46. The van der Waals surface area contributed by atoms with Crippen molar-refractivity contribution >= 4 is 17.6 Å². The van der Waals surface area contributed by atoms with Crippen molar-refractivity contribution in [3.63, 3.8) is 0 Å². The molecule has 208 valence electrons. The topological polar surface area (TPSA) is 198 Å². The molecule has 36 heavy (non-hydrogen) atoms. The Balaban J connectivity index is 0.00000596. The fourth-order valence-corrected chi connectivity index (χ4v) is 2.73. The number of nitrogens with one attached hydrogen (secondary N) is 1. The molecule has 0 saturated carbocycles. The molecule has 0 heterocycles. The third-order valence-electron chi connectivity index (χ3n) is 4.66. The number of ether oxygens (including phenoxy) is 3. The lowest BCUT2D eigenvalue weighted by molar-refractivity contribution is -0.155. The van der Waals surface area contributed by atoms with E-state index in [1.165, 1.54) is 18.2 Å². The van der Waals surface area contributed by atoms with Crippen molar-refractivity contribution in [2.45, 2.75) is 37.8 Å². The Morgan fingerprint density at radius 2 is 1.67 bits per heavy atom. The number of nitrogens with zero attached hydrogens (tertiary/aromatic N) is 1. The van der Waals surface area contributed by atoms with Crippen molar-refractivity contribution < 1.29 is 54.4 Å². The predicted octanol–water partition coefficient (Wildman–Crippen LogP) is -1.35. The van der Waals surface area contributed by atoms with Crippen LogP contribution in [0.15, 0.2) is 18.2 Å². The standard InChI is InChI=1S/C22H36N2O10.CH4O/c1-24(2)7-10-33-12-11-32-9-6-19(28)23-16-13-15(14-26)3-4-18(16)34-21(22(30)31)20(29)17(27)5-8-25;1-2/h3-4,13,17,20-21,25-27,29H,5-12,14H2,1-2H3,(H,23,28)(H,30,31);2H,1H3/t17?,20-,21?;/m1./s1. The number of rotatable bonds is 18. The Hall–Kier alpha value is -2.36. The lowest BCUT2D eigenvalue weighted by atomic mass is 10.1. The van der Waals surface area contributed by atoms with Crippen molar-refractivity contribution in [2.24, 2.45) is 0 Å². The third kappa shape index (κ3) is 13.7. The minimum absolute atomic E-state index is 0.000683. The van der Waals surface area contributed by atoms with Crippen LogP contribution in [0.2, 0.25) is 0 Å². The summed E-state index contributed by atoms with van der Waals surface area (Å²) in [5.74, 6) is -2.07. The summed E-state index contributed by atoms with van der Waals surface area (Å²) in [5, 5.41) is 57.3. The quantitative estimate of drug-likeness (QED) is 0.112. The number of carboxylic acid groups (broad SMARTS) is 1. The summed E-state index contributed by atoms with van der Waals surface area (Å²) < 4.78 is 16.2. The van der Waals surface area contributed by atoms with Crippen LogP contribution in [-0.2, 0) is 25.7 Å². The number of aliphatic hydroxyl groups is 5. The van der Waals surface area contributed by atoms with Gasteiger partial charge in [-0.25, -0.2) is 4.79 Å². The second-order valence-electron chi connectivity index (χ2n) is 7.76. The van der Waals surface area contributed by atoms with E-state index in [-0.39, 0.29) is 37.5 Å². The zero-order valence-electron chi connectivity index (χ0n) is 21.0. The van der Waals surface area contributed by atoms with E-state index in [2.05, 4.69) is 5.32 Å². The van der Waals surface area contributed by atoms with Crippen molar-refractivity contribution in [1.29, 1.82) is 0 Å². The van der Waals surface area contributed by atoms with Crippen LogP contribution in [-0.4, -0.2) is 127 Å². The van der Waals surface area contributed by atoms with Gasteiger partial charge in [-0.1, -0.05) is 6.07 Å². The average Bonchev–Trinajstić information content (AvgIpc) is 2.85. The van der Waals surface area contributed by atoms with E-state index in [0.29, 0.717) is 25.4 Å². The zero-order valence-corrected chi connectivity index (χ0v) is 21.0. The Bertz CT molecular complexity index is 749. The maximum Gasteiger partial charge on any atom is 0.347 e. The Morgan fingerprint density at radius 1 is 1.03 bits per heavy atom. The molecule has 7 N–H and O–H groups in total. The number of hydrogen-bond acceptors (Lipinski definition) is 11. The number of carboxylic acids is 1. The summed E-state index contributed by atoms with van der Waals surface area (Å²) in [6.45, 7) is 1.42. The van der Waals surface area contributed by atoms with Crippen LogP contribution in [0.25, 0.3) is 0 Å². The Morgan fingerprint density at radius 3 is 2.22 bits per heavy atom. The van der Waals surface area contributed by atoms with E-state index in [1.54, 1.807) is 0 Å². The van der Waals surface area contributed by atoms with Gasteiger partial charge in [0.2, 0.25) is 12.0 Å². The molecule has 0 aliphatic carbocycles. The van der Waals surface area contributed by atoms with Gasteiger partial charge in [-0.05, 0) is 38.2 Å². The molecule has 2 unspecified atom stereocenters. The number of aliphatic hydroxyl groups excluding tert-OH is 5. The van der Waals surface area contributed by atoms with Crippen molar-refractivity contribution in [2.75, 3.05) is 66.1 Å². The monoisotopic (exact) mass is 520 g/mol. The molecule has 13 nitrogen and oxygen atoms in total. The van der Waals surface area contributed by atoms with Gasteiger partial charge < -0.3 is 55.1 Å². The van der Waals surface area contributed by atoms with Crippen LogP contribution in [0.5, 0.6) is 5.75 Å². The van der Waals surface area contributed by atoms with E-state index in [1.807, 2.05) is 19.0 Å². The molecule has 0 spiro atoms. The maximum absolute atomic E-state index is 12.3. The van der Waals surface area contributed by atoms with E-state index in [0.717, 1.165) is 13.7 Å². The molecule has 0 aliphatic heterocycles. The highest BCUT2D eigenvalue weighted by atomic mass is 16.5. The minimum Gasteiger partial charge on any atom is -0.478 e. The molecule has 3 atom stereocenters. The van der Waals surface area contributed by atoms with E-state index < -0.39 is 36.8 Å². The minimum atomic E-state index is -1.87. The molecule has 13 heteroatoms. The van der Waals surface area contributed by atoms with Gasteiger partial charge in [0.25, 0.3) is 0 Å². The van der Waals surface area contributed by atoms with Gasteiger partial charge in [0.15, 0.2) is 0 Å². The van der Waals surface area contributed by atoms with Gasteiger partial charge >= 0.3 is 5.97 Å². The molecule has 1 aromatic carbocycles. The number of aliphatic carboxylic acids is 1. The van der Waals surface area contributed by atoms with Crippen LogP contribution in [0.3, 0.4) is 0 Å². The molecule has 0 bridgehead atoms. The Labute approximate surface area is 210 Å². The first kappa shape index (κ1) is 33.6. The normalized spacial score (nSPS) is 13.4. The van der Waals surface area contributed by atoms with Gasteiger partial charge in [0.1, 0.15) is 11.9 Å². The SMILES string of the molecule is CN(C)CCOCCOCCC(=O)Nc1cc(CO)ccc1OC(C(=O)O)[C@H](O)C(O)CCO.CO. The summed E-state index contributed by atoms with van der Waals surface area (Å²) in [4.78, 5) is 25.9. The van der Waals surface area contributed by atoms with Gasteiger partial charge in [0.05, 0.1) is 51.2 Å². The van der Waals surface area contributed by atoms with Gasteiger partial charge in [-0.15, -0.1) is 0 Å². The predicted molar refractivity (Wildman–Crippen MR) is 130 cm³/mol. The van der Waals surface area contributed by atoms with Crippen LogP contribution in [0.1, 0.15) is 18.4 Å². The highest BCUT2D eigenvalue weighted by Crippen LogP contribution is 2.28. The molecular weight excluding hydrogens is 480 g/mol. The maximum atomic E-state index is 12.3. The first-order valence-corrected chi connectivity index (χ1v) is 11.3. The number of benzene rings is 1. The molecule has 1 rings (SSSR count). The molecule has 0 saturated heterocycles. The lowest BCUT2D eigenvalue weighted by Gasteiger charge is -2.25. The van der Waals surface area contributed by atoms with Crippen LogP contribution in [0.4, 0.5) is 5.69 Å². The second kappa shape index (κ2) is 19.8. The number of amides is 1. The van der Waals surface area contributed by atoms with Crippen LogP contribution >= 0.6 is 0 Å². The highest BCUT2D eigenvalue weighted by molar-refractivity contribution is 5.92. The molecule has 0 radical (unpaired) electrons.